The van der Waals surface area contributed by atoms with Gasteiger partial charge in [-0.05, 0) is 43.0 Å². The third kappa shape index (κ3) is 3.80. The van der Waals surface area contributed by atoms with Crippen molar-refractivity contribution in [2.75, 3.05) is 19.5 Å². The molecule has 3 aromatic rings. The number of carbonyl (C=O) groups is 1. The number of nitrogens with one attached hydrogen (secondary N) is 1. The summed E-state index contributed by atoms with van der Waals surface area (Å²) in [5, 5.41) is 3.08. The minimum atomic E-state index is -0.137. The lowest BCUT2D eigenvalue weighted by molar-refractivity contribution is -0.122. The summed E-state index contributed by atoms with van der Waals surface area (Å²) in [5.74, 6) is 3.11. The van der Waals surface area contributed by atoms with Gasteiger partial charge in [0.15, 0.2) is 11.5 Å². The van der Waals surface area contributed by atoms with Crippen LogP contribution >= 0.6 is 11.8 Å². The van der Waals surface area contributed by atoms with Crippen LogP contribution in [0.2, 0.25) is 0 Å². The van der Waals surface area contributed by atoms with Crippen molar-refractivity contribution in [3.05, 3.63) is 53.9 Å². The number of ether oxygens (including phenoxy) is 2. The SMILES string of the molecule is CSCc1nc2ccccc2n1CC(=O)NC(C)c1ccc2c(c1)OCCO2. The molecule has 4 rings (SSSR count). The molecule has 1 atom stereocenters. The minimum absolute atomic E-state index is 0.0482. The number of carbonyl (C=O) groups excluding carboxylic acids is 1. The summed E-state index contributed by atoms with van der Waals surface area (Å²) in [6.07, 6.45) is 2.04. The normalized spacial score (nSPS) is 14.1. The van der Waals surface area contributed by atoms with Gasteiger partial charge in [0.25, 0.3) is 0 Å². The summed E-state index contributed by atoms with van der Waals surface area (Å²) in [6, 6.07) is 13.6. The van der Waals surface area contributed by atoms with E-state index in [1.54, 1.807) is 11.8 Å². The van der Waals surface area contributed by atoms with E-state index in [9.17, 15) is 4.79 Å². The quantitative estimate of drug-likeness (QED) is 0.689. The monoisotopic (exact) mass is 397 g/mol. The molecule has 0 fully saturated rings. The molecule has 0 bridgehead atoms. The topological polar surface area (TPSA) is 65.4 Å². The molecule has 7 heteroatoms. The van der Waals surface area contributed by atoms with Gasteiger partial charge in [0.05, 0.1) is 22.8 Å². The second kappa shape index (κ2) is 8.14. The maximum Gasteiger partial charge on any atom is 0.240 e. The van der Waals surface area contributed by atoms with E-state index in [1.807, 2.05) is 60.2 Å². The van der Waals surface area contributed by atoms with Crippen LogP contribution in [0.3, 0.4) is 0 Å². The Hall–Kier alpha value is -2.67. The lowest BCUT2D eigenvalue weighted by Crippen LogP contribution is -2.30. The third-order valence-electron chi connectivity index (χ3n) is 4.75. The Morgan fingerprint density at radius 1 is 1.21 bits per heavy atom. The van der Waals surface area contributed by atoms with Gasteiger partial charge in [-0.3, -0.25) is 4.79 Å². The molecule has 1 unspecified atom stereocenters. The molecule has 0 saturated heterocycles. The van der Waals surface area contributed by atoms with E-state index in [4.69, 9.17) is 9.47 Å². The zero-order valence-electron chi connectivity index (χ0n) is 16.0. The van der Waals surface area contributed by atoms with Crippen LogP contribution in [0.25, 0.3) is 11.0 Å². The average molecular weight is 398 g/mol. The zero-order chi connectivity index (χ0) is 19.5. The van der Waals surface area contributed by atoms with Crippen molar-refractivity contribution in [3.63, 3.8) is 0 Å². The Kier molecular flexibility index (Phi) is 5.43. The van der Waals surface area contributed by atoms with Crippen LogP contribution in [0.5, 0.6) is 11.5 Å². The van der Waals surface area contributed by atoms with E-state index in [1.165, 1.54) is 0 Å². The number of aromatic nitrogens is 2. The number of para-hydroxylation sites is 2. The van der Waals surface area contributed by atoms with Gasteiger partial charge in [0, 0.05) is 0 Å². The molecule has 0 radical (unpaired) electrons. The first kappa shape index (κ1) is 18.7. The van der Waals surface area contributed by atoms with Crippen molar-refractivity contribution in [2.45, 2.75) is 25.3 Å². The van der Waals surface area contributed by atoms with Gasteiger partial charge in [0.1, 0.15) is 25.6 Å². The highest BCUT2D eigenvalue weighted by atomic mass is 32.2. The summed E-state index contributed by atoms with van der Waals surface area (Å²) in [4.78, 5) is 17.4. The molecule has 2 heterocycles. The van der Waals surface area contributed by atoms with Crippen LogP contribution < -0.4 is 14.8 Å². The molecule has 1 aromatic heterocycles. The Bertz CT molecular complexity index is 1000. The summed E-state index contributed by atoms with van der Waals surface area (Å²) < 4.78 is 13.2. The van der Waals surface area contributed by atoms with E-state index in [-0.39, 0.29) is 18.5 Å². The predicted octanol–water partition coefficient (Wildman–Crippen LogP) is 3.55. The highest BCUT2D eigenvalue weighted by Gasteiger charge is 2.18. The smallest absolute Gasteiger partial charge is 0.240 e. The Labute approximate surface area is 168 Å². The van der Waals surface area contributed by atoms with Crippen molar-refractivity contribution in [2.24, 2.45) is 0 Å². The second-order valence-electron chi connectivity index (χ2n) is 6.73. The van der Waals surface area contributed by atoms with Crippen molar-refractivity contribution in [1.82, 2.24) is 14.9 Å². The minimum Gasteiger partial charge on any atom is -0.486 e. The predicted molar refractivity (Wildman–Crippen MR) is 111 cm³/mol. The maximum absolute atomic E-state index is 12.8. The fourth-order valence-corrected chi connectivity index (χ4v) is 3.86. The van der Waals surface area contributed by atoms with Crippen LogP contribution in [0, 0.1) is 0 Å². The Morgan fingerprint density at radius 2 is 2.00 bits per heavy atom. The maximum atomic E-state index is 12.8. The van der Waals surface area contributed by atoms with Crippen molar-refractivity contribution in [3.8, 4) is 11.5 Å². The van der Waals surface area contributed by atoms with E-state index < -0.39 is 0 Å². The highest BCUT2D eigenvalue weighted by molar-refractivity contribution is 7.97. The molecule has 1 N–H and O–H groups in total. The number of nitrogens with zero attached hydrogens (tertiary/aromatic N) is 2. The molecule has 6 nitrogen and oxygen atoms in total. The molecule has 0 saturated carbocycles. The molecular weight excluding hydrogens is 374 g/mol. The second-order valence-corrected chi connectivity index (χ2v) is 7.59. The molecule has 1 aliphatic rings. The molecule has 146 valence electrons. The van der Waals surface area contributed by atoms with E-state index in [2.05, 4.69) is 10.3 Å². The Morgan fingerprint density at radius 3 is 2.82 bits per heavy atom. The average Bonchev–Trinajstić information content (AvgIpc) is 3.05. The van der Waals surface area contributed by atoms with Crippen molar-refractivity contribution in [1.29, 1.82) is 0 Å². The van der Waals surface area contributed by atoms with Gasteiger partial charge in [0.2, 0.25) is 5.91 Å². The van der Waals surface area contributed by atoms with Crippen molar-refractivity contribution < 1.29 is 14.3 Å². The summed E-state index contributed by atoms with van der Waals surface area (Å²) in [5.41, 5.74) is 2.88. The molecule has 2 aromatic carbocycles. The number of amides is 1. The molecule has 0 aliphatic carbocycles. The number of imidazole rings is 1. The highest BCUT2D eigenvalue weighted by Crippen LogP contribution is 2.32. The number of hydrogen-bond donors (Lipinski definition) is 1. The van der Waals surface area contributed by atoms with Crippen LogP contribution in [0.1, 0.15) is 24.4 Å². The van der Waals surface area contributed by atoms with E-state index >= 15 is 0 Å². The van der Waals surface area contributed by atoms with Gasteiger partial charge in [-0.2, -0.15) is 11.8 Å². The first-order valence-corrected chi connectivity index (χ1v) is 10.7. The van der Waals surface area contributed by atoms with Gasteiger partial charge in [-0.25, -0.2) is 4.98 Å². The fourth-order valence-electron chi connectivity index (χ4n) is 3.38. The van der Waals surface area contributed by atoms with Crippen LogP contribution in [-0.4, -0.2) is 34.9 Å². The summed E-state index contributed by atoms with van der Waals surface area (Å²) >= 11 is 1.69. The van der Waals surface area contributed by atoms with Crippen molar-refractivity contribution >= 4 is 28.7 Å². The largest absolute Gasteiger partial charge is 0.486 e. The summed E-state index contributed by atoms with van der Waals surface area (Å²) in [7, 11) is 0. The fraction of sp³-hybridized carbons (Fsp3) is 0.333. The Balaban J connectivity index is 1.50. The summed E-state index contributed by atoms with van der Waals surface area (Å²) in [6.45, 7) is 3.32. The van der Waals surface area contributed by atoms with Gasteiger partial charge in [-0.15, -0.1) is 0 Å². The third-order valence-corrected chi connectivity index (χ3v) is 5.30. The van der Waals surface area contributed by atoms with Crippen LogP contribution in [0.15, 0.2) is 42.5 Å². The van der Waals surface area contributed by atoms with Gasteiger partial charge < -0.3 is 19.4 Å². The van der Waals surface area contributed by atoms with Gasteiger partial charge >= 0.3 is 0 Å². The van der Waals surface area contributed by atoms with E-state index in [0.29, 0.717) is 13.2 Å². The zero-order valence-corrected chi connectivity index (χ0v) is 16.8. The number of thioether (sulfide) groups is 1. The molecular formula is C21H23N3O3S. The molecule has 1 amide bonds. The first-order chi connectivity index (χ1) is 13.7. The number of hydrogen-bond acceptors (Lipinski definition) is 5. The standard InChI is InChI=1S/C21H23N3O3S/c1-14(15-7-8-18-19(11-15)27-10-9-26-18)22-21(25)12-24-17-6-4-3-5-16(17)23-20(24)13-28-2/h3-8,11,14H,9-10,12-13H2,1-2H3,(H,22,25). The van der Waals surface area contributed by atoms with E-state index in [0.717, 1.165) is 39.7 Å². The molecule has 28 heavy (non-hydrogen) atoms. The lowest BCUT2D eigenvalue weighted by Gasteiger charge is -2.21. The van der Waals surface area contributed by atoms with Crippen LogP contribution in [-0.2, 0) is 17.1 Å². The number of benzene rings is 2. The molecule has 0 spiro atoms. The molecule has 1 aliphatic heterocycles. The van der Waals surface area contributed by atoms with Crippen LogP contribution in [0.4, 0.5) is 0 Å². The lowest BCUT2D eigenvalue weighted by atomic mass is 10.1. The van der Waals surface area contributed by atoms with Gasteiger partial charge in [-0.1, -0.05) is 18.2 Å². The number of fused-ring (bicyclic) bond motifs is 2. The number of rotatable bonds is 6. The first-order valence-electron chi connectivity index (χ1n) is 9.27.